The molecule has 1 heterocycles. The second kappa shape index (κ2) is 4.24. The Morgan fingerprint density at radius 1 is 1.05 bits per heavy atom. The highest BCUT2D eigenvalue weighted by Crippen LogP contribution is 2.31. The molecular formula is C15H10FNO2. The van der Waals surface area contributed by atoms with Crippen molar-refractivity contribution in [2.45, 2.75) is 0 Å². The Balaban J connectivity index is 2.40. The SMILES string of the molecule is O=c1[nH]c2ccc(F)cc2c(O)c1-c1ccccc1. The van der Waals surface area contributed by atoms with E-state index in [1.807, 2.05) is 6.07 Å². The van der Waals surface area contributed by atoms with Crippen LogP contribution in [0.1, 0.15) is 0 Å². The van der Waals surface area contributed by atoms with Gasteiger partial charge >= 0.3 is 0 Å². The van der Waals surface area contributed by atoms with Crippen LogP contribution >= 0.6 is 0 Å². The number of aromatic hydroxyl groups is 1. The zero-order chi connectivity index (χ0) is 13.4. The van der Waals surface area contributed by atoms with Crippen molar-refractivity contribution in [3.05, 3.63) is 64.7 Å². The maximum atomic E-state index is 13.2. The first kappa shape index (κ1) is 11.5. The molecule has 0 spiro atoms. The predicted octanol–water partition coefficient (Wildman–Crippen LogP) is 3.04. The zero-order valence-electron chi connectivity index (χ0n) is 9.85. The van der Waals surface area contributed by atoms with E-state index in [2.05, 4.69) is 4.98 Å². The average Bonchev–Trinajstić information content (AvgIpc) is 2.41. The number of aromatic amines is 1. The monoisotopic (exact) mass is 255 g/mol. The number of H-pyrrole nitrogens is 1. The fraction of sp³-hybridized carbons (Fsp3) is 0. The van der Waals surface area contributed by atoms with Crippen LogP contribution in [0.4, 0.5) is 4.39 Å². The van der Waals surface area contributed by atoms with E-state index >= 15 is 0 Å². The second-order valence-corrected chi connectivity index (χ2v) is 4.23. The molecule has 3 nitrogen and oxygen atoms in total. The minimum atomic E-state index is -0.464. The fourth-order valence-corrected chi connectivity index (χ4v) is 2.12. The molecule has 3 aromatic rings. The molecule has 0 aliphatic rings. The Labute approximate surface area is 108 Å². The molecular weight excluding hydrogens is 245 g/mol. The number of fused-ring (bicyclic) bond motifs is 1. The molecule has 0 atom stereocenters. The summed E-state index contributed by atoms with van der Waals surface area (Å²) in [5.74, 6) is -0.668. The van der Waals surface area contributed by atoms with Crippen molar-refractivity contribution in [2.24, 2.45) is 0 Å². The molecule has 0 aliphatic heterocycles. The number of aromatic nitrogens is 1. The largest absolute Gasteiger partial charge is 0.506 e. The summed E-state index contributed by atoms with van der Waals surface area (Å²) in [4.78, 5) is 14.7. The minimum Gasteiger partial charge on any atom is -0.506 e. The standard InChI is InChI=1S/C15H10FNO2/c16-10-6-7-12-11(8-10)14(18)13(15(19)17-12)9-4-2-1-3-5-9/h1-8H,(H2,17,18,19). The second-order valence-electron chi connectivity index (χ2n) is 4.23. The van der Waals surface area contributed by atoms with Gasteiger partial charge in [-0.3, -0.25) is 4.79 Å². The highest BCUT2D eigenvalue weighted by Gasteiger charge is 2.13. The number of halogens is 1. The lowest BCUT2D eigenvalue weighted by Gasteiger charge is -2.07. The molecule has 0 aliphatic carbocycles. The van der Waals surface area contributed by atoms with Crippen molar-refractivity contribution in [1.29, 1.82) is 0 Å². The molecule has 94 valence electrons. The van der Waals surface area contributed by atoms with Gasteiger partial charge in [0.25, 0.3) is 5.56 Å². The van der Waals surface area contributed by atoms with Crippen LogP contribution in [0.25, 0.3) is 22.0 Å². The summed E-state index contributed by atoms with van der Waals surface area (Å²) in [6, 6.07) is 12.7. The van der Waals surface area contributed by atoms with Gasteiger partial charge in [0.1, 0.15) is 11.6 Å². The number of hydrogen-bond acceptors (Lipinski definition) is 2. The van der Waals surface area contributed by atoms with E-state index in [1.54, 1.807) is 24.3 Å². The Hall–Kier alpha value is -2.62. The van der Waals surface area contributed by atoms with Crippen LogP contribution < -0.4 is 5.56 Å². The van der Waals surface area contributed by atoms with Crippen LogP contribution in [0.15, 0.2) is 53.3 Å². The van der Waals surface area contributed by atoms with Crippen LogP contribution in [-0.2, 0) is 0 Å². The number of nitrogens with one attached hydrogen (secondary N) is 1. The Morgan fingerprint density at radius 3 is 2.53 bits per heavy atom. The highest BCUT2D eigenvalue weighted by molar-refractivity contribution is 5.91. The van der Waals surface area contributed by atoms with E-state index in [-0.39, 0.29) is 11.3 Å². The van der Waals surface area contributed by atoms with Crippen LogP contribution in [-0.4, -0.2) is 10.1 Å². The lowest BCUT2D eigenvalue weighted by Crippen LogP contribution is -2.09. The van der Waals surface area contributed by atoms with E-state index in [4.69, 9.17) is 0 Å². The van der Waals surface area contributed by atoms with Crippen molar-refractivity contribution in [2.75, 3.05) is 0 Å². The molecule has 1 aromatic heterocycles. The normalized spacial score (nSPS) is 10.8. The summed E-state index contributed by atoms with van der Waals surface area (Å²) >= 11 is 0. The van der Waals surface area contributed by atoms with Crippen molar-refractivity contribution in [3.63, 3.8) is 0 Å². The number of pyridine rings is 1. The van der Waals surface area contributed by atoms with Crippen molar-refractivity contribution < 1.29 is 9.50 Å². The van der Waals surface area contributed by atoms with Crippen LogP contribution in [0.3, 0.4) is 0 Å². The smallest absolute Gasteiger partial charge is 0.260 e. The van der Waals surface area contributed by atoms with E-state index < -0.39 is 11.4 Å². The third-order valence-electron chi connectivity index (χ3n) is 3.01. The first-order chi connectivity index (χ1) is 9.16. The number of rotatable bonds is 1. The maximum absolute atomic E-state index is 13.2. The number of benzene rings is 2. The molecule has 2 aromatic carbocycles. The summed E-state index contributed by atoms with van der Waals surface area (Å²) in [6.45, 7) is 0. The van der Waals surface area contributed by atoms with Gasteiger partial charge in [-0.05, 0) is 23.8 Å². The predicted molar refractivity (Wildman–Crippen MR) is 71.6 cm³/mol. The van der Waals surface area contributed by atoms with Crippen LogP contribution in [0.5, 0.6) is 5.75 Å². The third-order valence-corrected chi connectivity index (χ3v) is 3.01. The summed E-state index contributed by atoms with van der Waals surface area (Å²) in [5.41, 5.74) is 0.748. The van der Waals surface area contributed by atoms with E-state index in [0.717, 1.165) is 0 Å². The van der Waals surface area contributed by atoms with E-state index in [1.165, 1.54) is 18.2 Å². The lowest BCUT2D eigenvalue weighted by atomic mass is 10.0. The quantitative estimate of drug-likeness (QED) is 0.702. The van der Waals surface area contributed by atoms with Gasteiger partial charge in [-0.2, -0.15) is 0 Å². The van der Waals surface area contributed by atoms with Crippen LogP contribution in [0, 0.1) is 5.82 Å². The van der Waals surface area contributed by atoms with E-state index in [9.17, 15) is 14.3 Å². The molecule has 4 heteroatoms. The summed E-state index contributed by atoms with van der Waals surface area (Å²) in [5, 5.41) is 10.5. The van der Waals surface area contributed by atoms with Crippen molar-refractivity contribution >= 4 is 10.9 Å². The molecule has 0 fully saturated rings. The van der Waals surface area contributed by atoms with Gasteiger partial charge in [-0.25, -0.2) is 4.39 Å². The van der Waals surface area contributed by atoms with Gasteiger partial charge < -0.3 is 10.1 Å². The lowest BCUT2D eigenvalue weighted by molar-refractivity contribution is 0.482. The minimum absolute atomic E-state index is 0.152. The van der Waals surface area contributed by atoms with Gasteiger partial charge in [0, 0.05) is 5.39 Å². The molecule has 3 rings (SSSR count). The fourth-order valence-electron chi connectivity index (χ4n) is 2.12. The van der Waals surface area contributed by atoms with E-state index in [0.29, 0.717) is 16.5 Å². The molecule has 0 saturated heterocycles. The van der Waals surface area contributed by atoms with Gasteiger partial charge in [-0.15, -0.1) is 0 Å². The molecule has 0 saturated carbocycles. The van der Waals surface area contributed by atoms with Crippen LogP contribution in [0.2, 0.25) is 0 Å². The molecule has 2 N–H and O–H groups in total. The van der Waals surface area contributed by atoms with Gasteiger partial charge in [0.15, 0.2) is 0 Å². The van der Waals surface area contributed by atoms with Gasteiger partial charge in [0.2, 0.25) is 0 Å². The zero-order valence-corrected chi connectivity index (χ0v) is 9.85. The first-order valence-corrected chi connectivity index (χ1v) is 5.77. The maximum Gasteiger partial charge on any atom is 0.260 e. The molecule has 0 unspecified atom stereocenters. The topological polar surface area (TPSA) is 53.1 Å². The first-order valence-electron chi connectivity index (χ1n) is 5.77. The van der Waals surface area contributed by atoms with Crippen molar-refractivity contribution in [1.82, 2.24) is 4.98 Å². The average molecular weight is 255 g/mol. The number of hydrogen-bond donors (Lipinski definition) is 2. The molecule has 0 bridgehead atoms. The Morgan fingerprint density at radius 2 is 1.79 bits per heavy atom. The van der Waals surface area contributed by atoms with Gasteiger partial charge in [0.05, 0.1) is 11.1 Å². The summed E-state index contributed by atoms with van der Waals surface area (Å²) in [6.07, 6.45) is 0. The highest BCUT2D eigenvalue weighted by atomic mass is 19.1. The summed E-state index contributed by atoms with van der Waals surface area (Å²) in [7, 11) is 0. The summed E-state index contributed by atoms with van der Waals surface area (Å²) < 4.78 is 13.2. The molecule has 0 radical (unpaired) electrons. The van der Waals surface area contributed by atoms with Gasteiger partial charge in [-0.1, -0.05) is 30.3 Å². The molecule has 19 heavy (non-hydrogen) atoms. The third kappa shape index (κ3) is 1.87. The Kier molecular flexibility index (Phi) is 2.56. The Bertz CT molecular complexity index is 809. The van der Waals surface area contributed by atoms with Crippen molar-refractivity contribution in [3.8, 4) is 16.9 Å². The molecule has 0 amide bonds.